The van der Waals surface area contributed by atoms with Crippen molar-refractivity contribution < 1.29 is 45.8 Å². The maximum Gasteiger partial charge on any atom is 0.692 e. The molecule has 0 saturated heterocycles. The predicted octanol–water partition coefficient (Wildman–Crippen LogP) is -0.746. The van der Waals surface area contributed by atoms with Gasteiger partial charge in [-0.2, -0.15) is 0 Å². The second-order valence-electron chi connectivity index (χ2n) is 0.505. The Labute approximate surface area is 62.9 Å². The minimum absolute atomic E-state index is 0. The van der Waals surface area contributed by atoms with E-state index in [2.05, 4.69) is 0 Å². The predicted molar refractivity (Wildman–Crippen MR) is 24.1 cm³/mol. The summed E-state index contributed by atoms with van der Waals surface area (Å²) in [7, 11) is -5.74. The van der Waals surface area contributed by atoms with Gasteiger partial charge in [0.05, 0.1) is 0 Å². The Bertz CT molecular complexity index is 69.1. The molecule has 0 aliphatic carbocycles. The molecule has 0 amide bonds. The molecule has 0 rings (SSSR count). The molecule has 0 spiro atoms. The smallest absolute Gasteiger partial charge is 0.134 e. The van der Waals surface area contributed by atoms with Gasteiger partial charge in [0.25, 0.3) is 0 Å². The zero-order chi connectivity index (χ0) is 7.15. The first-order valence-corrected chi connectivity index (χ1v) is 3.50. The first-order chi connectivity index (χ1) is 3.46. The van der Waals surface area contributed by atoms with Crippen molar-refractivity contribution in [3.63, 3.8) is 0 Å². The van der Waals surface area contributed by atoms with Crippen LogP contribution in [-0.4, -0.2) is 19.6 Å². The third-order valence-corrected chi connectivity index (χ3v) is 0. The van der Waals surface area contributed by atoms with E-state index in [0.29, 0.717) is 0 Å². The van der Waals surface area contributed by atoms with E-state index in [4.69, 9.17) is 28.7 Å². The molecular formula is H4FeO6P2+2. The third-order valence-electron chi connectivity index (χ3n) is 0. The van der Waals surface area contributed by atoms with E-state index in [0.717, 1.165) is 0 Å². The van der Waals surface area contributed by atoms with Gasteiger partial charge in [-0.05, 0) is 0 Å². The van der Waals surface area contributed by atoms with Crippen molar-refractivity contribution in [2.75, 3.05) is 0 Å². The average Bonchev–Trinajstić information content (AvgIpc) is 1.25. The molecule has 0 atom stereocenters. The Morgan fingerprint density at radius 2 is 0.778 bits per heavy atom. The van der Waals surface area contributed by atoms with E-state index in [9.17, 15) is 0 Å². The average molecular weight is 218 g/mol. The minimum atomic E-state index is -2.87. The van der Waals surface area contributed by atoms with Gasteiger partial charge in [-0.25, -0.2) is 0 Å². The minimum Gasteiger partial charge on any atom is -0.134 e. The van der Waals surface area contributed by atoms with Gasteiger partial charge < -0.3 is 0 Å². The monoisotopic (exact) mass is 218 g/mol. The number of rotatable bonds is 0. The number of hydrogen-bond donors (Lipinski definition) is 4. The van der Waals surface area contributed by atoms with Crippen molar-refractivity contribution in [3.05, 3.63) is 0 Å². The molecule has 0 radical (unpaired) electrons. The van der Waals surface area contributed by atoms with Crippen LogP contribution in [0.4, 0.5) is 0 Å². The fourth-order valence-electron chi connectivity index (χ4n) is 0. The molecule has 0 aliphatic heterocycles. The van der Waals surface area contributed by atoms with Gasteiger partial charge in [0.15, 0.2) is 0 Å². The first kappa shape index (κ1) is 16.3. The van der Waals surface area contributed by atoms with Crippen LogP contribution in [0, 0.1) is 0 Å². The van der Waals surface area contributed by atoms with E-state index in [-0.39, 0.29) is 17.1 Å². The molecule has 56 valence electrons. The molecule has 6 nitrogen and oxygen atoms in total. The standard InChI is InChI=1S/Fe.2HO3P/c;2*1-4(2)3/h;2*(H-,1,2,3)/p+2. The molecule has 0 heterocycles. The van der Waals surface area contributed by atoms with E-state index in [1.54, 1.807) is 0 Å². The van der Waals surface area contributed by atoms with Crippen molar-refractivity contribution in [1.29, 1.82) is 0 Å². The van der Waals surface area contributed by atoms with Crippen molar-refractivity contribution in [2.24, 2.45) is 0 Å². The van der Waals surface area contributed by atoms with Crippen molar-refractivity contribution >= 4 is 16.5 Å². The molecule has 0 fully saturated rings. The van der Waals surface area contributed by atoms with Crippen LogP contribution < -0.4 is 0 Å². The van der Waals surface area contributed by atoms with Gasteiger partial charge >= 0.3 is 16.5 Å². The van der Waals surface area contributed by atoms with Crippen LogP contribution in [0.1, 0.15) is 0 Å². The molecule has 9 heteroatoms. The van der Waals surface area contributed by atoms with E-state index in [1.165, 1.54) is 0 Å². The van der Waals surface area contributed by atoms with Gasteiger partial charge in [0, 0.05) is 26.2 Å². The molecule has 0 aromatic carbocycles. The Kier molecular flexibility index (Phi) is 20.6. The van der Waals surface area contributed by atoms with Crippen LogP contribution in [0.15, 0.2) is 0 Å². The van der Waals surface area contributed by atoms with E-state index < -0.39 is 16.5 Å². The summed E-state index contributed by atoms with van der Waals surface area (Å²) in [5.41, 5.74) is 0. The fourth-order valence-corrected chi connectivity index (χ4v) is 0. The summed E-state index contributed by atoms with van der Waals surface area (Å²) in [5, 5.41) is 0. The summed E-state index contributed by atoms with van der Waals surface area (Å²) < 4.78 is 17.4. The summed E-state index contributed by atoms with van der Waals surface area (Å²) in [4.78, 5) is 28.5. The quantitative estimate of drug-likeness (QED) is 0.314. The fraction of sp³-hybridized carbons (Fsp3) is 0. The van der Waals surface area contributed by atoms with Gasteiger partial charge in [0.2, 0.25) is 0 Å². The van der Waals surface area contributed by atoms with Crippen LogP contribution in [-0.2, 0) is 26.2 Å². The Hall–Kier alpha value is 0.559. The Balaban J connectivity index is -0.0000000720. The molecule has 0 aliphatic rings. The van der Waals surface area contributed by atoms with E-state index in [1.807, 2.05) is 0 Å². The van der Waals surface area contributed by atoms with Crippen LogP contribution >= 0.6 is 16.5 Å². The second-order valence-corrected chi connectivity index (χ2v) is 1.52. The number of hydrogen-bond acceptors (Lipinski definition) is 2. The van der Waals surface area contributed by atoms with Crippen LogP contribution in [0.25, 0.3) is 0 Å². The van der Waals surface area contributed by atoms with Crippen molar-refractivity contribution in [1.82, 2.24) is 0 Å². The summed E-state index contributed by atoms with van der Waals surface area (Å²) in [5.74, 6) is 0. The van der Waals surface area contributed by atoms with Gasteiger partial charge in [-0.15, -0.1) is 19.6 Å². The zero-order valence-corrected chi connectivity index (χ0v) is 6.75. The van der Waals surface area contributed by atoms with Crippen LogP contribution in [0.2, 0.25) is 0 Å². The van der Waals surface area contributed by atoms with Crippen LogP contribution in [0.3, 0.4) is 0 Å². The van der Waals surface area contributed by atoms with Gasteiger partial charge in [-0.1, -0.05) is 0 Å². The third kappa shape index (κ3) is 1180. The largest absolute Gasteiger partial charge is 0.692 e. The van der Waals surface area contributed by atoms with Crippen LogP contribution in [0.5, 0.6) is 0 Å². The summed E-state index contributed by atoms with van der Waals surface area (Å²) in [6, 6.07) is 0. The molecule has 0 bridgehead atoms. The zero-order valence-electron chi connectivity index (χ0n) is 3.85. The summed E-state index contributed by atoms with van der Waals surface area (Å²) >= 11 is 0. The van der Waals surface area contributed by atoms with Gasteiger partial charge in [-0.3, -0.25) is 0 Å². The molecule has 0 saturated carbocycles. The molecule has 4 N–H and O–H groups in total. The molecule has 0 aromatic rings. The van der Waals surface area contributed by atoms with E-state index >= 15 is 0 Å². The maximum atomic E-state index is 8.70. The molecule has 9 heavy (non-hydrogen) atoms. The second kappa shape index (κ2) is 11.4. The van der Waals surface area contributed by atoms with Gasteiger partial charge in [0.1, 0.15) is 0 Å². The maximum absolute atomic E-state index is 8.70. The normalized spacial score (nSPS) is 5.78. The Morgan fingerprint density at radius 1 is 0.778 bits per heavy atom. The van der Waals surface area contributed by atoms with Crippen molar-refractivity contribution in [3.8, 4) is 0 Å². The first-order valence-electron chi connectivity index (χ1n) is 1.17. The summed E-state index contributed by atoms with van der Waals surface area (Å²) in [6.07, 6.45) is 0. The molecular weight excluding hydrogens is 214 g/mol. The molecule has 0 unspecified atom stereocenters. The molecule has 0 aromatic heterocycles. The SMILES string of the molecule is O=[P+](O)O.O=[P+](O)O.[Fe]. The summed E-state index contributed by atoms with van der Waals surface area (Å²) in [6.45, 7) is 0. The van der Waals surface area contributed by atoms with Crippen molar-refractivity contribution in [2.45, 2.75) is 0 Å². The topological polar surface area (TPSA) is 115 Å². The Morgan fingerprint density at radius 3 is 0.778 bits per heavy atom.